The van der Waals surface area contributed by atoms with E-state index in [9.17, 15) is 0 Å². The zero-order valence-electron chi connectivity index (χ0n) is 14.9. The van der Waals surface area contributed by atoms with Crippen LogP contribution in [0.15, 0.2) is 30.3 Å². The Balaban J connectivity index is 1.51. The molecular formula is C21H31BO2. The molecule has 4 rings (SSSR count). The van der Waals surface area contributed by atoms with Crippen LogP contribution >= 0.6 is 0 Å². The molecule has 0 N–H and O–H groups in total. The van der Waals surface area contributed by atoms with Crippen LogP contribution in [0.4, 0.5) is 0 Å². The molecule has 2 saturated carbocycles. The predicted octanol–water partition coefficient (Wildman–Crippen LogP) is 4.72. The second-order valence-corrected chi connectivity index (χ2v) is 8.12. The lowest BCUT2D eigenvalue weighted by Gasteiger charge is -2.43. The number of hydrogen-bond acceptors (Lipinski definition) is 2. The van der Waals surface area contributed by atoms with Gasteiger partial charge in [-0.2, -0.15) is 0 Å². The fraction of sp³-hybridized carbons (Fsp3) is 0.714. The number of hydrogen-bond donors (Lipinski definition) is 0. The lowest BCUT2D eigenvalue weighted by Crippen LogP contribution is -2.52. The van der Waals surface area contributed by atoms with E-state index in [-0.39, 0.29) is 7.12 Å². The summed E-state index contributed by atoms with van der Waals surface area (Å²) in [6.45, 7) is 0. The molecule has 0 bridgehead atoms. The highest BCUT2D eigenvalue weighted by Crippen LogP contribution is 2.37. The quantitative estimate of drug-likeness (QED) is 0.749. The van der Waals surface area contributed by atoms with Gasteiger partial charge in [0.15, 0.2) is 0 Å². The van der Waals surface area contributed by atoms with Crippen molar-refractivity contribution in [1.29, 1.82) is 0 Å². The Morgan fingerprint density at radius 3 is 1.67 bits per heavy atom. The molecule has 1 aliphatic heterocycles. The SMILES string of the molecule is c1ccc(B2O[C@H](C3CCCCC3)C[C@H](C3CCCCC3)O2)cc1. The molecule has 0 radical (unpaired) electrons. The Labute approximate surface area is 147 Å². The van der Waals surface area contributed by atoms with Gasteiger partial charge in [-0.25, -0.2) is 0 Å². The lowest BCUT2D eigenvalue weighted by molar-refractivity contribution is -0.0416. The van der Waals surface area contributed by atoms with Crippen molar-refractivity contribution in [3.05, 3.63) is 30.3 Å². The van der Waals surface area contributed by atoms with Gasteiger partial charge in [0.25, 0.3) is 0 Å². The minimum atomic E-state index is -0.154. The molecule has 0 aromatic heterocycles. The Kier molecular flexibility index (Phi) is 5.59. The molecule has 3 fully saturated rings. The molecule has 2 atom stereocenters. The Bertz CT molecular complexity index is 468. The summed E-state index contributed by atoms with van der Waals surface area (Å²) in [5, 5.41) is 0. The van der Waals surface area contributed by atoms with Gasteiger partial charge in [0.2, 0.25) is 0 Å². The van der Waals surface area contributed by atoms with Gasteiger partial charge >= 0.3 is 7.12 Å². The summed E-state index contributed by atoms with van der Waals surface area (Å²) in [5.41, 5.74) is 1.19. The van der Waals surface area contributed by atoms with Gasteiger partial charge in [0.1, 0.15) is 0 Å². The first-order valence-corrected chi connectivity index (χ1v) is 10.3. The molecule has 1 heterocycles. The van der Waals surface area contributed by atoms with Crippen molar-refractivity contribution in [3.8, 4) is 0 Å². The zero-order valence-corrected chi connectivity index (χ0v) is 14.9. The van der Waals surface area contributed by atoms with Gasteiger partial charge in [0.05, 0.1) is 0 Å². The third kappa shape index (κ3) is 3.88. The van der Waals surface area contributed by atoms with Gasteiger partial charge in [-0.15, -0.1) is 0 Å². The van der Waals surface area contributed by atoms with E-state index in [0.29, 0.717) is 12.2 Å². The molecule has 2 aliphatic carbocycles. The lowest BCUT2D eigenvalue weighted by atomic mass is 9.71. The topological polar surface area (TPSA) is 18.5 Å². The van der Waals surface area contributed by atoms with Crippen molar-refractivity contribution in [2.75, 3.05) is 0 Å². The Hall–Kier alpha value is -0.795. The summed E-state index contributed by atoms with van der Waals surface area (Å²) in [7, 11) is -0.154. The van der Waals surface area contributed by atoms with Crippen LogP contribution in [0, 0.1) is 11.8 Å². The van der Waals surface area contributed by atoms with Gasteiger partial charge < -0.3 is 9.31 Å². The van der Waals surface area contributed by atoms with Crippen molar-refractivity contribution in [1.82, 2.24) is 0 Å². The normalized spacial score (nSPS) is 30.4. The molecule has 1 aromatic carbocycles. The first kappa shape index (κ1) is 16.7. The van der Waals surface area contributed by atoms with E-state index in [1.807, 2.05) is 0 Å². The highest BCUT2D eigenvalue weighted by atomic mass is 16.6. The van der Waals surface area contributed by atoms with E-state index in [4.69, 9.17) is 9.31 Å². The van der Waals surface area contributed by atoms with Gasteiger partial charge in [0, 0.05) is 12.2 Å². The molecule has 1 aromatic rings. The van der Waals surface area contributed by atoms with Gasteiger partial charge in [-0.05, 0) is 49.4 Å². The maximum absolute atomic E-state index is 6.51. The molecule has 3 aliphatic rings. The second kappa shape index (κ2) is 8.06. The van der Waals surface area contributed by atoms with Crippen molar-refractivity contribution in [2.24, 2.45) is 11.8 Å². The minimum Gasteiger partial charge on any atom is -0.404 e. The summed E-state index contributed by atoms with van der Waals surface area (Å²) in [6, 6.07) is 10.6. The summed E-state index contributed by atoms with van der Waals surface area (Å²) in [5.74, 6) is 1.50. The van der Waals surface area contributed by atoms with E-state index in [1.165, 1.54) is 69.7 Å². The maximum Gasteiger partial charge on any atom is 0.494 e. The standard InChI is InChI=1S/C21H31BO2/c1-4-10-17(11-5-1)20-16-21(18-12-6-2-7-13-18)24-22(23-20)19-14-8-3-9-15-19/h3,8-9,14-15,17-18,20-21H,1-2,4-7,10-13,16H2/t20-,21+. The van der Waals surface area contributed by atoms with Crippen molar-refractivity contribution < 1.29 is 9.31 Å². The van der Waals surface area contributed by atoms with E-state index in [2.05, 4.69) is 30.3 Å². The average Bonchev–Trinajstić information content (AvgIpc) is 2.70. The first-order chi connectivity index (χ1) is 11.9. The highest BCUT2D eigenvalue weighted by molar-refractivity contribution is 6.61. The minimum absolute atomic E-state index is 0.154. The Morgan fingerprint density at radius 1 is 0.667 bits per heavy atom. The zero-order chi connectivity index (χ0) is 16.2. The van der Waals surface area contributed by atoms with Crippen LogP contribution in [0.25, 0.3) is 0 Å². The third-order valence-corrected chi connectivity index (χ3v) is 6.48. The predicted molar refractivity (Wildman–Crippen MR) is 99.3 cm³/mol. The third-order valence-electron chi connectivity index (χ3n) is 6.48. The Morgan fingerprint density at radius 2 is 1.17 bits per heavy atom. The number of benzene rings is 1. The second-order valence-electron chi connectivity index (χ2n) is 8.12. The molecule has 130 valence electrons. The maximum atomic E-state index is 6.51. The van der Waals surface area contributed by atoms with Crippen LogP contribution in [0.5, 0.6) is 0 Å². The van der Waals surface area contributed by atoms with Crippen LogP contribution in [-0.2, 0) is 9.31 Å². The molecule has 0 unspecified atom stereocenters. The molecule has 0 spiro atoms. The fourth-order valence-electron chi connectivity index (χ4n) is 5.08. The van der Waals surface area contributed by atoms with Crippen LogP contribution < -0.4 is 5.46 Å². The van der Waals surface area contributed by atoms with E-state index in [0.717, 1.165) is 18.3 Å². The van der Waals surface area contributed by atoms with Gasteiger partial charge in [-0.3, -0.25) is 0 Å². The first-order valence-electron chi connectivity index (χ1n) is 10.3. The highest BCUT2D eigenvalue weighted by Gasteiger charge is 2.41. The van der Waals surface area contributed by atoms with Crippen LogP contribution in [0.2, 0.25) is 0 Å². The smallest absolute Gasteiger partial charge is 0.404 e. The summed E-state index contributed by atoms with van der Waals surface area (Å²) >= 11 is 0. The molecule has 2 nitrogen and oxygen atoms in total. The number of rotatable bonds is 3. The molecule has 0 amide bonds. The summed E-state index contributed by atoms with van der Waals surface area (Å²) in [4.78, 5) is 0. The van der Waals surface area contributed by atoms with Gasteiger partial charge in [-0.1, -0.05) is 68.9 Å². The van der Waals surface area contributed by atoms with Crippen LogP contribution in [0.3, 0.4) is 0 Å². The molecular weight excluding hydrogens is 295 g/mol. The fourth-order valence-corrected chi connectivity index (χ4v) is 5.08. The molecule has 1 saturated heterocycles. The van der Waals surface area contributed by atoms with E-state index in [1.54, 1.807) is 0 Å². The molecule has 3 heteroatoms. The molecule has 24 heavy (non-hydrogen) atoms. The average molecular weight is 326 g/mol. The largest absolute Gasteiger partial charge is 0.494 e. The van der Waals surface area contributed by atoms with E-state index >= 15 is 0 Å². The van der Waals surface area contributed by atoms with E-state index < -0.39 is 0 Å². The van der Waals surface area contributed by atoms with Crippen LogP contribution in [-0.4, -0.2) is 19.3 Å². The monoisotopic (exact) mass is 326 g/mol. The summed E-state index contributed by atoms with van der Waals surface area (Å²) in [6.07, 6.45) is 15.7. The van der Waals surface area contributed by atoms with Crippen molar-refractivity contribution in [2.45, 2.75) is 82.8 Å². The van der Waals surface area contributed by atoms with Crippen LogP contribution in [0.1, 0.15) is 70.6 Å². The summed E-state index contributed by atoms with van der Waals surface area (Å²) < 4.78 is 13.0. The van der Waals surface area contributed by atoms with Crippen molar-refractivity contribution >= 4 is 12.6 Å². The van der Waals surface area contributed by atoms with Crippen molar-refractivity contribution in [3.63, 3.8) is 0 Å².